The monoisotopic (exact) mass is 492 g/mol. The molecule has 0 saturated heterocycles. The second-order valence-electron chi connectivity index (χ2n) is 7.86. The van der Waals surface area contributed by atoms with Gasteiger partial charge in [0.2, 0.25) is 0 Å². The van der Waals surface area contributed by atoms with Crippen molar-refractivity contribution in [3.05, 3.63) is 108 Å². The highest BCUT2D eigenvalue weighted by atomic mass is 32.1. The molecule has 0 fully saturated rings. The number of ether oxygens (including phenoxy) is 2. The fourth-order valence-corrected chi connectivity index (χ4v) is 4.78. The van der Waals surface area contributed by atoms with Crippen molar-refractivity contribution in [1.82, 2.24) is 0 Å². The maximum atomic E-state index is 13.1. The molecule has 0 aliphatic rings. The number of thiophene rings is 1. The fraction of sp³-hybridized carbons (Fsp3) is 0.0714. The van der Waals surface area contributed by atoms with Crippen LogP contribution in [0.1, 0.15) is 11.1 Å². The summed E-state index contributed by atoms with van der Waals surface area (Å²) in [5.74, 6) is 1.82. The van der Waals surface area contributed by atoms with Crippen LogP contribution in [-0.2, 0) is 12.8 Å². The lowest BCUT2D eigenvalue weighted by atomic mass is 10.1. The van der Waals surface area contributed by atoms with Gasteiger partial charge in [0.25, 0.3) is 0 Å². The minimum Gasteiger partial charge on any atom is -0.508 e. The van der Waals surface area contributed by atoms with E-state index in [1.54, 1.807) is 12.1 Å². The predicted molar refractivity (Wildman–Crippen MR) is 131 cm³/mol. The molecule has 0 atom stereocenters. The zero-order valence-electron chi connectivity index (χ0n) is 18.3. The Morgan fingerprint density at radius 1 is 0.771 bits per heavy atom. The van der Waals surface area contributed by atoms with Crippen LogP contribution in [0.15, 0.2) is 97.1 Å². The van der Waals surface area contributed by atoms with Crippen molar-refractivity contribution in [2.45, 2.75) is 12.8 Å². The number of benzene rings is 4. The lowest BCUT2D eigenvalue weighted by Gasteiger charge is -2.10. The highest BCUT2D eigenvalue weighted by Gasteiger charge is 2.30. The van der Waals surface area contributed by atoms with Crippen LogP contribution in [-0.4, -0.2) is 5.11 Å². The van der Waals surface area contributed by atoms with E-state index in [4.69, 9.17) is 9.47 Å². The molecule has 1 aromatic heterocycles. The highest BCUT2D eigenvalue weighted by Crippen LogP contribution is 2.47. The molecule has 5 aromatic rings. The van der Waals surface area contributed by atoms with E-state index in [1.807, 2.05) is 48.5 Å². The van der Waals surface area contributed by atoms with Crippen LogP contribution in [0.2, 0.25) is 0 Å². The molecule has 0 spiro atoms. The molecule has 0 aliphatic carbocycles. The van der Waals surface area contributed by atoms with Crippen molar-refractivity contribution >= 4 is 21.4 Å². The van der Waals surface area contributed by atoms with E-state index in [-0.39, 0.29) is 5.75 Å². The van der Waals surface area contributed by atoms with Gasteiger partial charge in [0.15, 0.2) is 5.75 Å². The standard InChI is InChI=1S/C28H19F3O3S/c29-28(30,31)20-8-6-19(7-9-20)27-26(34-22-12-10-21(32)11-13-22)24-15-14-23(16-25(24)35-27)33-17-18-4-2-1-3-5-18/h1-16,32H,17H2. The number of halogens is 3. The summed E-state index contributed by atoms with van der Waals surface area (Å²) in [5.41, 5.74) is 0.945. The number of hydrogen-bond donors (Lipinski definition) is 1. The summed E-state index contributed by atoms with van der Waals surface area (Å²) in [7, 11) is 0. The van der Waals surface area contributed by atoms with Crippen LogP contribution in [0.5, 0.6) is 23.0 Å². The summed E-state index contributed by atoms with van der Waals surface area (Å²) in [6, 6.07) is 26.8. The molecular formula is C28H19F3O3S. The van der Waals surface area contributed by atoms with Crippen LogP contribution in [0.4, 0.5) is 13.2 Å². The molecule has 176 valence electrons. The average molecular weight is 493 g/mol. The maximum absolute atomic E-state index is 13.1. The van der Waals surface area contributed by atoms with Crippen LogP contribution in [0.25, 0.3) is 20.5 Å². The molecule has 1 heterocycles. The molecule has 1 N–H and O–H groups in total. The van der Waals surface area contributed by atoms with Crippen LogP contribution < -0.4 is 9.47 Å². The number of hydrogen-bond acceptors (Lipinski definition) is 4. The largest absolute Gasteiger partial charge is 0.508 e. The Morgan fingerprint density at radius 2 is 1.46 bits per heavy atom. The van der Waals surface area contributed by atoms with Crippen molar-refractivity contribution in [1.29, 1.82) is 0 Å². The van der Waals surface area contributed by atoms with E-state index in [0.29, 0.717) is 34.3 Å². The minimum atomic E-state index is -4.41. The molecule has 0 unspecified atom stereocenters. The number of phenols is 1. The number of fused-ring (bicyclic) bond motifs is 1. The van der Waals surface area contributed by atoms with Gasteiger partial charge in [-0.05, 0) is 65.7 Å². The Morgan fingerprint density at radius 3 is 2.14 bits per heavy atom. The summed E-state index contributed by atoms with van der Waals surface area (Å²) in [4.78, 5) is 0.696. The Hall–Kier alpha value is -3.97. The zero-order valence-corrected chi connectivity index (χ0v) is 19.1. The van der Waals surface area contributed by atoms with Crippen molar-refractivity contribution < 1.29 is 27.8 Å². The Bertz CT molecular complexity index is 1440. The van der Waals surface area contributed by atoms with E-state index < -0.39 is 11.7 Å². The Balaban J connectivity index is 1.53. The van der Waals surface area contributed by atoms with E-state index in [9.17, 15) is 18.3 Å². The summed E-state index contributed by atoms with van der Waals surface area (Å²) in [5, 5.41) is 10.4. The van der Waals surface area contributed by atoms with Gasteiger partial charge in [-0.1, -0.05) is 42.5 Å². The minimum absolute atomic E-state index is 0.107. The van der Waals surface area contributed by atoms with Gasteiger partial charge in [0.1, 0.15) is 23.9 Å². The van der Waals surface area contributed by atoms with E-state index in [0.717, 1.165) is 27.8 Å². The van der Waals surface area contributed by atoms with E-state index >= 15 is 0 Å². The van der Waals surface area contributed by atoms with Crippen LogP contribution in [0.3, 0.4) is 0 Å². The molecule has 0 aliphatic heterocycles. The second kappa shape index (κ2) is 9.35. The van der Waals surface area contributed by atoms with Crippen LogP contribution >= 0.6 is 11.3 Å². The van der Waals surface area contributed by atoms with Gasteiger partial charge < -0.3 is 14.6 Å². The normalized spacial score (nSPS) is 11.5. The summed E-state index contributed by atoms with van der Waals surface area (Å²) in [6.45, 7) is 0.417. The zero-order chi connectivity index (χ0) is 24.4. The lowest BCUT2D eigenvalue weighted by molar-refractivity contribution is -0.137. The highest BCUT2D eigenvalue weighted by molar-refractivity contribution is 7.22. The molecule has 7 heteroatoms. The first kappa shape index (κ1) is 22.8. The average Bonchev–Trinajstić information content (AvgIpc) is 3.22. The fourth-order valence-electron chi connectivity index (χ4n) is 3.62. The molecule has 0 bridgehead atoms. The molecule has 3 nitrogen and oxygen atoms in total. The first-order chi connectivity index (χ1) is 16.9. The first-order valence-corrected chi connectivity index (χ1v) is 11.6. The third-order valence-electron chi connectivity index (χ3n) is 5.40. The van der Waals surface area contributed by atoms with Gasteiger partial charge in [-0.3, -0.25) is 0 Å². The smallest absolute Gasteiger partial charge is 0.416 e. The van der Waals surface area contributed by atoms with Gasteiger partial charge in [0, 0.05) is 10.1 Å². The maximum Gasteiger partial charge on any atom is 0.416 e. The molecule has 0 radical (unpaired) electrons. The number of rotatable bonds is 6. The SMILES string of the molecule is Oc1ccc(Oc2c(-c3ccc(C(F)(F)F)cc3)sc3cc(OCc4ccccc4)ccc23)cc1. The summed E-state index contributed by atoms with van der Waals surface area (Å²) < 4.78 is 52.2. The van der Waals surface area contributed by atoms with Gasteiger partial charge in [0.05, 0.1) is 10.4 Å². The van der Waals surface area contributed by atoms with E-state index in [2.05, 4.69) is 0 Å². The number of phenolic OH excluding ortho intramolecular Hbond substituents is 1. The quantitative estimate of drug-likeness (QED) is 0.258. The predicted octanol–water partition coefficient (Wildman–Crippen LogP) is 8.66. The summed E-state index contributed by atoms with van der Waals surface area (Å²) in [6.07, 6.45) is -4.41. The molecular weight excluding hydrogens is 473 g/mol. The van der Waals surface area contributed by atoms with E-state index in [1.165, 1.54) is 35.6 Å². The second-order valence-corrected chi connectivity index (χ2v) is 8.92. The van der Waals surface area contributed by atoms with Gasteiger partial charge in [-0.2, -0.15) is 13.2 Å². The van der Waals surface area contributed by atoms with Gasteiger partial charge in [-0.15, -0.1) is 11.3 Å². The third-order valence-corrected chi connectivity index (χ3v) is 6.58. The molecule has 5 rings (SSSR count). The molecule has 0 saturated carbocycles. The molecule has 0 amide bonds. The van der Waals surface area contributed by atoms with Crippen LogP contribution in [0, 0.1) is 0 Å². The molecule has 4 aromatic carbocycles. The third kappa shape index (κ3) is 5.10. The Labute approximate surface area is 203 Å². The van der Waals surface area contributed by atoms with Crippen molar-refractivity contribution in [2.75, 3.05) is 0 Å². The topological polar surface area (TPSA) is 38.7 Å². The van der Waals surface area contributed by atoms with Gasteiger partial charge in [-0.25, -0.2) is 0 Å². The number of aromatic hydroxyl groups is 1. The molecule has 35 heavy (non-hydrogen) atoms. The number of alkyl halides is 3. The van der Waals surface area contributed by atoms with Crippen molar-refractivity contribution in [3.8, 4) is 33.4 Å². The van der Waals surface area contributed by atoms with Crippen molar-refractivity contribution in [2.24, 2.45) is 0 Å². The first-order valence-electron chi connectivity index (χ1n) is 10.7. The van der Waals surface area contributed by atoms with Gasteiger partial charge >= 0.3 is 6.18 Å². The summed E-state index contributed by atoms with van der Waals surface area (Å²) >= 11 is 1.41. The van der Waals surface area contributed by atoms with Crippen molar-refractivity contribution in [3.63, 3.8) is 0 Å². The lowest BCUT2D eigenvalue weighted by Crippen LogP contribution is -2.03. The Kier molecular flexibility index (Phi) is 6.09.